The molecule has 0 unspecified atom stereocenters. The zero-order chi connectivity index (χ0) is 14.2. The summed E-state index contributed by atoms with van der Waals surface area (Å²) in [5, 5.41) is 0. The van der Waals surface area contributed by atoms with Crippen LogP contribution in [0.5, 0.6) is 0 Å². The average molecular weight is 305 g/mol. The second-order valence-corrected chi connectivity index (χ2v) is 13.2. The van der Waals surface area contributed by atoms with Gasteiger partial charge in [0, 0.05) is 5.57 Å². The lowest BCUT2D eigenvalue weighted by atomic mass is 10.4. The maximum absolute atomic E-state index is 11.2. The minimum atomic E-state index is -1.67. The third-order valence-corrected chi connectivity index (χ3v) is 8.48. The molecule has 18 heavy (non-hydrogen) atoms. The lowest BCUT2D eigenvalue weighted by molar-refractivity contribution is -0.138. The van der Waals surface area contributed by atoms with E-state index in [1.807, 2.05) is 0 Å². The molecule has 2 radical (unpaired) electrons. The summed E-state index contributed by atoms with van der Waals surface area (Å²) in [7, 11) is -2.49. The minimum Gasteiger partial charge on any atom is -0.462 e. The highest BCUT2D eigenvalue weighted by Crippen LogP contribution is 2.13. The van der Waals surface area contributed by atoms with Crippen molar-refractivity contribution >= 4 is 33.3 Å². The Labute approximate surface area is 116 Å². The van der Waals surface area contributed by atoms with Crippen LogP contribution in [0.25, 0.3) is 0 Å². The molecule has 0 aromatic carbocycles. The van der Waals surface area contributed by atoms with Crippen LogP contribution in [-0.2, 0) is 17.8 Å². The monoisotopic (exact) mass is 304 g/mol. The van der Waals surface area contributed by atoms with E-state index < -0.39 is 17.4 Å². The van der Waals surface area contributed by atoms with Gasteiger partial charge < -0.3 is 13.0 Å². The Morgan fingerprint density at radius 1 is 1.39 bits per heavy atom. The quantitative estimate of drug-likeness (QED) is 0.284. The van der Waals surface area contributed by atoms with E-state index in [2.05, 4.69) is 32.8 Å². The van der Waals surface area contributed by atoms with Gasteiger partial charge >= 0.3 is 16.0 Å². The maximum atomic E-state index is 11.2. The van der Waals surface area contributed by atoms with Crippen molar-refractivity contribution in [1.82, 2.24) is 0 Å². The zero-order valence-electron chi connectivity index (χ0n) is 12.0. The summed E-state index contributed by atoms with van der Waals surface area (Å²) in [4.78, 5) is 11.2. The molecule has 0 aliphatic rings. The summed E-state index contributed by atoms with van der Waals surface area (Å²) in [6.45, 7) is 14.2. The fourth-order valence-electron chi connectivity index (χ4n) is 1.07. The molecule has 0 N–H and O–H groups in total. The third-order valence-electron chi connectivity index (χ3n) is 2.11. The molecule has 0 bridgehead atoms. The first-order valence-corrected chi connectivity index (χ1v) is 12.9. The molecule has 0 aromatic rings. The van der Waals surface area contributed by atoms with Gasteiger partial charge in [-0.15, -0.1) is 0 Å². The lowest BCUT2D eigenvalue weighted by Crippen LogP contribution is -2.34. The van der Waals surface area contributed by atoms with Crippen LogP contribution in [0.3, 0.4) is 0 Å². The van der Waals surface area contributed by atoms with Gasteiger partial charge in [0.25, 0.3) is 0 Å². The summed E-state index contributed by atoms with van der Waals surface area (Å²) >= 11 is 0. The van der Waals surface area contributed by atoms with Gasteiger partial charge in [-0.2, -0.15) is 0 Å². The minimum absolute atomic E-state index is 0.169. The molecule has 4 nitrogen and oxygen atoms in total. The molecule has 0 rings (SSSR count). The first-order valence-electron chi connectivity index (χ1n) is 6.16. The summed E-state index contributed by atoms with van der Waals surface area (Å²) in [5.41, 5.74) is 0.444. The van der Waals surface area contributed by atoms with Gasteiger partial charge in [-0.05, 0) is 45.6 Å². The van der Waals surface area contributed by atoms with E-state index in [9.17, 15) is 4.79 Å². The fraction of sp³-hybridized carbons (Fsp3) is 0.727. The van der Waals surface area contributed by atoms with Crippen LogP contribution in [0, 0.1) is 0 Å². The van der Waals surface area contributed by atoms with Gasteiger partial charge in [-0.25, -0.2) is 4.79 Å². The van der Waals surface area contributed by atoms with Crippen molar-refractivity contribution < 1.29 is 17.8 Å². The number of carbonyl (C=O) groups excluding carboxylic acids is 1. The highest BCUT2D eigenvalue weighted by molar-refractivity contribution is 6.75. The van der Waals surface area contributed by atoms with Crippen LogP contribution < -0.4 is 0 Å². The van der Waals surface area contributed by atoms with Crippen LogP contribution >= 0.6 is 0 Å². The van der Waals surface area contributed by atoms with Crippen molar-refractivity contribution in [3.8, 4) is 0 Å². The summed E-state index contributed by atoms with van der Waals surface area (Å²) in [6.07, 6.45) is 0.835. The lowest BCUT2D eigenvalue weighted by Gasteiger charge is -2.22. The highest BCUT2D eigenvalue weighted by atomic mass is 28.4. The van der Waals surface area contributed by atoms with Crippen LogP contribution in [0.4, 0.5) is 0 Å². The Morgan fingerprint density at radius 3 is 2.50 bits per heavy atom. The third kappa shape index (κ3) is 9.77. The van der Waals surface area contributed by atoms with Gasteiger partial charge in [0.2, 0.25) is 0 Å². The molecule has 0 aromatic heterocycles. The number of hydrogen-bond acceptors (Lipinski definition) is 4. The van der Waals surface area contributed by atoms with E-state index >= 15 is 0 Å². The number of ether oxygens (including phenoxy) is 1. The molecule has 7 heteroatoms. The normalized spacial score (nSPS) is 11.7. The largest absolute Gasteiger partial charge is 0.462 e. The predicted octanol–water partition coefficient (Wildman–Crippen LogP) is 2.25. The second kappa shape index (κ2) is 8.81. The molecule has 0 saturated heterocycles. The highest BCUT2D eigenvalue weighted by Gasteiger charge is 2.22. The summed E-state index contributed by atoms with van der Waals surface area (Å²) in [5.74, 6) is -0.314. The fourth-order valence-corrected chi connectivity index (χ4v) is 4.77. The van der Waals surface area contributed by atoms with Crippen molar-refractivity contribution in [3.05, 3.63) is 12.2 Å². The van der Waals surface area contributed by atoms with Crippen molar-refractivity contribution in [2.45, 2.75) is 45.6 Å². The summed E-state index contributed by atoms with van der Waals surface area (Å²) in [6, 6.07) is 0.965. The van der Waals surface area contributed by atoms with Crippen LogP contribution in [-0.4, -0.2) is 39.9 Å². The molecule has 0 spiro atoms. The average Bonchev–Trinajstić information content (AvgIpc) is 2.23. The van der Waals surface area contributed by atoms with Gasteiger partial charge in [0.15, 0.2) is 17.4 Å². The van der Waals surface area contributed by atoms with Crippen molar-refractivity contribution in [1.29, 1.82) is 0 Å². The smallest absolute Gasteiger partial charge is 0.409 e. The molecule has 0 aliphatic carbocycles. The molecular formula is C11H24O4Si3. The number of esters is 1. The SMILES string of the molecule is C=C(C)C(=O)OCCC[Si](C)(C)O[Si]O[SiH](C)C. The molecule has 0 atom stereocenters. The Morgan fingerprint density at radius 2 is 2.00 bits per heavy atom. The Hall–Kier alpha value is -0.219. The van der Waals surface area contributed by atoms with Gasteiger partial charge in [0.05, 0.1) is 6.61 Å². The Bertz CT molecular complexity index is 279. The standard InChI is InChI=1S/C11H24O4Si3/c1-10(2)11(12)13-8-7-9-18(5,6)15-16-14-17(3)4/h17H,1,7-9H2,2-6H3. The van der Waals surface area contributed by atoms with Gasteiger partial charge in [-0.3, -0.25) is 0 Å². The first kappa shape index (κ1) is 17.8. The van der Waals surface area contributed by atoms with E-state index in [-0.39, 0.29) is 16.0 Å². The van der Waals surface area contributed by atoms with Gasteiger partial charge in [-0.1, -0.05) is 6.58 Å². The first-order chi connectivity index (χ1) is 8.24. The van der Waals surface area contributed by atoms with Gasteiger partial charge in [0.1, 0.15) is 0 Å². The molecular weight excluding hydrogens is 280 g/mol. The van der Waals surface area contributed by atoms with E-state index in [0.29, 0.717) is 12.2 Å². The number of hydrogen-bond donors (Lipinski definition) is 0. The van der Waals surface area contributed by atoms with Crippen LogP contribution in [0.1, 0.15) is 13.3 Å². The van der Waals surface area contributed by atoms with E-state index in [4.69, 9.17) is 13.0 Å². The van der Waals surface area contributed by atoms with Crippen LogP contribution in [0.15, 0.2) is 12.2 Å². The molecule has 0 aliphatic heterocycles. The molecule has 0 saturated carbocycles. The van der Waals surface area contributed by atoms with E-state index in [1.54, 1.807) is 6.92 Å². The summed E-state index contributed by atoms with van der Waals surface area (Å²) < 4.78 is 16.4. The second-order valence-electron chi connectivity index (χ2n) is 5.13. The topological polar surface area (TPSA) is 44.8 Å². The number of carbonyl (C=O) groups is 1. The predicted molar refractivity (Wildman–Crippen MR) is 79.5 cm³/mol. The molecule has 0 amide bonds. The van der Waals surface area contributed by atoms with Crippen molar-refractivity contribution in [2.75, 3.05) is 6.61 Å². The van der Waals surface area contributed by atoms with Crippen molar-refractivity contribution in [3.63, 3.8) is 0 Å². The zero-order valence-corrected chi connectivity index (χ0v) is 15.2. The molecule has 104 valence electrons. The molecule has 0 heterocycles. The number of rotatable bonds is 9. The maximum Gasteiger partial charge on any atom is 0.409 e. The Kier molecular flexibility index (Phi) is 8.70. The van der Waals surface area contributed by atoms with Crippen LogP contribution in [0.2, 0.25) is 32.2 Å². The van der Waals surface area contributed by atoms with E-state index in [1.165, 1.54) is 0 Å². The molecule has 0 fully saturated rings. The van der Waals surface area contributed by atoms with Crippen molar-refractivity contribution in [2.24, 2.45) is 0 Å². The Balaban J connectivity index is 3.70. The van der Waals surface area contributed by atoms with E-state index in [0.717, 1.165) is 12.5 Å².